The molecule has 0 bridgehead atoms. The molecule has 0 spiro atoms. The molecule has 0 saturated heterocycles. The summed E-state index contributed by atoms with van der Waals surface area (Å²) < 4.78 is 6.00. The smallest absolute Gasteiger partial charge is 0.217 e. The van der Waals surface area contributed by atoms with Crippen molar-refractivity contribution < 1.29 is 4.74 Å². The monoisotopic (exact) mass is 235 g/mol. The lowest BCUT2D eigenvalue weighted by molar-refractivity contribution is 0.206. The fourth-order valence-electron chi connectivity index (χ4n) is 2.82. The highest BCUT2D eigenvalue weighted by Gasteiger charge is 2.39. The Morgan fingerprint density at radius 2 is 1.72 bits per heavy atom. The average Bonchev–Trinajstić information content (AvgIpc) is 2.97. The molecule has 1 aliphatic heterocycles. The lowest BCUT2D eigenvalue weighted by Gasteiger charge is -2.08. The molecular formula is C16H13NO. The van der Waals surface area contributed by atoms with E-state index in [-0.39, 0.29) is 12.1 Å². The van der Waals surface area contributed by atoms with Crippen LogP contribution in [0.3, 0.4) is 0 Å². The van der Waals surface area contributed by atoms with E-state index < -0.39 is 0 Å². The number of hydrogen-bond donors (Lipinski definition) is 0. The molecule has 1 aliphatic carbocycles. The van der Waals surface area contributed by atoms with Gasteiger partial charge in [-0.1, -0.05) is 42.5 Å². The van der Waals surface area contributed by atoms with Gasteiger partial charge in [-0.15, -0.1) is 0 Å². The zero-order valence-corrected chi connectivity index (χ0v) is 9.91. The van der Waals surface area contributed by atoms with Crippen molar-refractivity contribution in [3.05, 3.63) is 71.3 Å². The quantitative estimate of drug-likeness (QED) is 0.744. The molecule has 2 aromatic rings. The number of aliphatic imine (C=N–C) groups is 1. The zero-order valence-electron chi connectivity index (χ0n) is 9.91. The highest BCUT2D eigenvalue weighted by molar-refractivity contribution is 5.95. The summed E-state index contributed by atoms with van der Waals surface area (Å²) in [5.74, 6) is 0.792. The summed E-state index contributed by atoms with van der Waals surface area (Å²) in [5.41, 5.74) is 3.78. The summed E-state index contributed by atoms with van der Waals surface area (Å²) in [6.07, 6.45) is 1.17. The fourth-order valence-corrected chi connectivity index (χ4v) is 2.82. The van der Waals surface area contributed by atoms with Gasteiger partial charge in [0.1, 0.15) is 12.1 Å². The van der Waals surface area contributed by atoms with Crippen molar-refractivity contribution in [2.45, 2.75) is 18.6 Å². The van der Waals surface area contributed by atoms with Crippen LogP contribution in [-0.4, -0.2) is 12.0 Å². The molecule has 0 N–H and O–H groups in total. The van der Waals surface area contributed by atoms with Crippen molar-refractivity contribution in [3.8, 4) is 0 Å². The average molecular weight is 235 g/mol. The molecule has 2 aromatic carbocycles. The van der Waals surface area contributed by atoms with Gasteiger partial charge in [-0.05, 0) is 23.3 Å². The molecule has 0 unspecified atom stereocenters. The summed E-state index contributed by atoms with van der Waals surface area (Å²) in [4.78, 5) is 4.76. The Morgan fingerprint density at radius 3 is 2.61 bits per heavy atom. The normalized spacial score (nSPS) is 24.1. The molecule has 0 radical (unpaired) electrons. The number of ether oxygens (including phenoxy) is 1. The van der Waals surface area contributed by atoms with Crippen molar-refractivity contribution in [2.75, 3.05) is 0 Å². The first-order chi connectivity index (χ1) is 8.92. The first-order valence-corrected chi connectivity index (χ1v) is 6.29. The van der Waals surface area contributed by atoms with Gasteiger partial charge in [0.25, 0.3) is 0 Å². The number of nitrogens with zero attached hydrogens (tertiary/aromatic N) is 1. The molecule has 2 heteroatoms. The molecule has 2 atom stereocenters. The minimum Gasteiger partial charge on any atom is -0.471 e. The van der Waals surface area contributed by atoms with Crippen LogP contribution in [0.15, 0.2) is 59.6 Å². The Labute approximate surface area is 106 Å². The molecule has 18 heavy (non-hydrogen) atoms. The van der Waals surface area contributed by atoms with Crippen LogP contribution >= 0.6 is 0 Å². The van der Waals surface area contributed by atoms with Gasteiger partial charge in [0.05, 0.1) is 0 Å². The summed E-state index contributed by atoms with van der Waals surface area (Å²) in [7, 11) is 0. The molecule has 0 aromatic heterocycles. The summed E-state index contributed by atoms with van der Waals surface area (Å²) in [5, 5.41) is 0. The van der Waals surface area contributed by atoms with Crippen molar-refractivity contribution in [2.24, 2.45) is 4.99 Å². The molecule has 2 aliphatic rings. The van der Waals surface area contributed by atoms with E-state index in [2.05, 4.69) is 24.3 Å². The predicted molar refractivity (Wildman–Crippen MR) is 70.7 cm³/mol. The predicted octanol–water partition coefficient (Wildman–Crippen LogP) is 3.13. The Morgan fingerprint density at radius 1 is 0.944 bits per heavy atom. The van der Waals surface area contributed by atoms with Gasteiger partial charge in [-0.25, -0.2) is 4.99 Å². The Balaban J connectivity index is 1.74. The van der Waals surface area contributed by atoms with E-state index in [1.54, 1.807) is 0 Å². The van der Waals surface area contributed by atoms with Crippen molar-refractivity contribution in [1.82, 2.24) is 0 Å². The molecule has 0 saturated carbocycles. The molecular weight excluding hydrogens is 222 g/mol. The lowest BCUT2D eigenvalue weighted by atomic mass is 10.1. The maximum Gasteiger partial charge on any atom is 0.217 e. The first kappa shape index (κ1) is 9.89. The van der Waals surface area contributed by atoms with Crippen LogP contribution in [0.4, 0.5) is 0 Å². The van der Waals surface area contributed by atoms with E-state index >= 15 is 0 Å². The maximum atomic E-state index is 6.00. The first-order valence-electron chi connectivity index (χ1n) is 6.29. The van der Waals surface area contributed by atoms with Gasteiger partial charge in [-0.3, -0.25) is 0 Å². The number of fused-ring (bicyclic) bond motifs is 3. The van der Waals surface area contributed by atoms with Crippen LogP contribution < -0.4 is 0 Å². The van der Waals surface area contributed by atoms with Gasteiger partial charge in [0.2, 0.25) is 5.90 Å². The van der Waals surface area contributed by atoms with Gasteiger partial charge in [0, 0.05) is 12.0 Å². The molecule has 0 fully saturated rings. The minimum atomic E-state index is 0.191. The lowest BCUT2D eigenvalue weighted by Crippen LogP contribution is -2.13. The van der Waals surface area contributed by atoms with E-state index in [1.165, 1.54) is 11.1 Å². The number of hydrogen-bond acceptors (Lipinski definition) is 2. The van der Waals surface area contributed by atoms with Crippen LogP contribution in [0, 0.1) is 0 Å². The van der Waals surface area contributed by atoms with E-state index in [0.717, 1.165) is 17.9 Å². The fraction of sp³-hybridized carbons (Fsp3) is 0.188. The van der Waals surface area contributed by atoms with Crippen LogP contribution in [0.1, 0.15) is 22.7 Å². The molecule has 0 amide bonds. The maximum absolute atomic E-state index is 6.00. The van der Waals surface area contributed by atoms with E-state index in [9.17, 15) is 0 Å². The van der Waals surface area contributed by atoms with Gasteiger partial charge in [0.15, 0.2) is 0 Å². The highest BCUT2D eigenvalue weighted by Crippen LogP contribution is 2.40. The van der Waals surface area contributed by atoms with Crippen molar-refractivity contribution >= 4 is 5.90 Å². The second-order valence-corrected chi connectivity index (χ2v) is 4.80. The molecule has 88 valence electrons. The number of benzene rings is 2. The third-order valence-electron chi connectivity index (χ3n) is 3.69. The van der Waals surface area contributed by atoms with Gasteiger partial charge >= 0.3 is 0 Å². The second kappa shape index (κ2) is 3.70. The number of rotatable bonds is 1. The largest absolute Gasteiger partial charge is 0.471 e. The minimum absolute atomic E-state index is 0.191. The van der Waals surface area contributed by atoms with Crippen molar-refractivity contribution in [3.63, 3.8) is 0 Å². The standard InChI is InChI=1S/C16H13NO/c1-2-6-11(7-3-1)16-17-15-13-9-5-4-8-12(13)10-14(15)18-16/h1-9,14-15H,10H2/t14-,15-/m1/s1. The van der Waals surface area contributed by atoms with Crippen LogP contribution in [-0.2, 0) is 11.2 Å². The van der Waals surface area contributed by atoms with Crippen LogP contribution in [0.2, 0.25) is 0 Å². The van der Waals surface area contributed by atoms with Crippen LogP contribution in [0.5, 0.6) is 0 Å². The third kappa shape index (κ3) is 1.39. The summed E-state index contributed by atoms with van der Waals surface area (Å²) in [6.45, 7) is 0. The van der Waals surface area contributed by atoms with Crippen molar-refractivity contribution in [1.29, 1.82) is 0 Å². The van der Waals surface area contributed by atoms with E-state index in [4.69, 9.17) is 9.73 Å². The van der Waals surface area contributed by atoms with Crippen LogP contribution in [0.25, 0.3) is 0 Å². The second-order valence-electron chi connectivity index (χ2n) is 4.80. The summed E-state index contributed by atoms with van der Waals surface area (Å²) in [6, 6.07) is 18.8. The van der Waals surface area contributed by atoms with Gasteiger partial charge in [-0.2, -0.15) is 0 Å². The van der Waals surface area contributed by atoms with Gasteiger partial charge < -0.3 is 4.74 Å². The Kier molecular flexibility index (Phi) is 2.04. The SMILES string of the molecule is c1ccc(C2=N[C@@H]3c4ccccc4C[C@H]3O2)cc1. The topological polar surface area (TPSA) is 21.6 Å². The molecule has 2 nitrogen and oxygen atoms in total. The highest BCUT2D eigenvalue weighted by atomic mass is 16.5. The zero-order chi connectivity index (χ0) is 11.9. The Bertz CT molecular complexity index is 618. The molecule has 4 rings (SSSR count). The van der Waals surface area contributed by atoms with E-state index in [1.807, 2.05) is 30.3 Å². The van der Waals surface area contributed by atoms with E-state index in [0.29, 0.717) is 0 Å². The third-order valence-corrected chi connectivity index (χ3v) is 3.69. The Hall–Kier alpha value is -2.09. The molecule has 1 heterocycles. The summed E-state index contributed by atoms with van der Waals surface area (Å²) >= 11 is 0.